The summed E-state index contributed by atoms with van der Waals surface area (Å²) in [5.74, 6) is 0.734. The third kappa shape index (κ3) is 2.52. The predicted molar refractivity (Wildman–Crippen MR) is 94.8 cm³/mol. The number of ether oxygens (including phenoxy) is 1. The Labute approximate surface area is 146 Å². The zero-order valence-corrected chi connectivity index (χ0v) is 15.5. The molecule has 1 saturated heterocycles. The van der Waals surface area contributed by atoms with Crippen LogP contribution >= 0.6 is 0 Å². The van der Waals surface area contributed by atoms with Crippen molar-refractivity contribution in [2.45, 2.75) is 76.9 Å². The molecule has 0 aromatic rings. The molecule has 3 saturated carbocycles. The largest absolute Gasteiger partial charge is 0.378 e. The number of nitrogens with zero attached hydrogens (tertiary/aromatic N) is 1. The van der Waals surface area contributed by atoms with Crippen molar-refractivity contribution in [1.82, 2.24) is 10.2 Å². The van der Waals surface area contributed by atoms with Crippen LogP contribution in [0.5, 0.6) is 0 Å². The van der Waals surface area contributed by atoms with E-state index >= 15 is 0 Å². The zero-order valence-electron chi connectivity index (χ0n) is 15.5. The summed E-state index contributed by atoms with van der Waals surface area (Å²) in [6, 6.07) is 0.418. The van der Waals surface area contributed by atoms with E-state index in [-0.39, 0.29) is 5.41 Å². The van der Waals surface area contributed by atoms with Gasteiger partial charge in [-0.3, -0.25) is 4.79 Å². The van der Waals surface area contributed by atoms with Gasteiger partial charge in [-0.1, -0.05) is 19.3 Å². The molecule has 3 atom stereocenters. The number of piperidine rings is 1. The fourth-order valence-electron chi connectivity index (χ4n) is 6.14. The molecule has 0 bridgehead atoms. The van der Waals surface area contributed by atoms with Gasteiger partial charge in [-0.05, 0) is 64.0 Å². The Morgan fingerprint density at radius 1 is 1.17 bits per heavy atom. The molecule has 4 fully saturated rings. The van der Waals surface area contributed by atoms with E-state index in [1.165, 1.54) is 44.9 Å². The molecular weight excluding hydrogens is 300 g/mol. The standard InChI is InChI=1S/C20H34N2O2/c1-3-24-17-13-16(20(17)7-5-4-6-8-20)22(2)18(23)15-14-19(15)9-11-21-12-10-19/h15-17,21H,3-14H2,1-2H3. The van der Waals surface area contributed by atoms with Crippen LogP contribution in [0.4, 0.5) is 0 Å². The molecular formula is C20H34N2O2. The van der Waals surface area contributed by atoms with Crippen molar-refractivity contribution in [3.8, 4) is 0 Å². The maximum Gasteiger partial charge on any atom is 0.226 e. The van der Waals surface area contributed by atoms with Crippen molar-refractivity contribution in [3.05, 3.63) is 0 Å². The summed E-state index contributed by atoms with van der Waals surface area (Å²) in [5.41, 5.74) is 0.605. The van der Waals surface area contributed by atoms with Gasteiger partial charge in [0.15, 0.2) is 0 Å². The van der Waals surface area contributed by atoms with E-state index in [0.717, 1.165) is 32.5 Å². The minimum absolute atomic E-state index is 0.259. The van der Waals surface area contributed by atoms with Crippen LogP contribution in [0, 0.1) is 16.7 Å². The van der Waals surface area contributed by atoms with Gasteiger partial charge in [0.1, 0.15) is 0 Å². The highest BCUT2D eigenvalue weighted by atomic mass is 16.5. The summed E-state index contributed by atoms with van der Waals surface area (Å²) in [7, 11) is 2.08. The lowest BCUT2D eigenvalue weighted by Gasteiger charge is -2.60. The van der Waals surface area contributed by atoms with E-state index in [1.54, 1.807) is 0 Å². The van der Waals surface area contributed by atoms with E-state index in [1.807, 2.05) is 0 Å². The predicted octanol–water partition coefficient (Wildman–Crippen LogP) is 2.96. The Morgan fingerprint density at radius 3 is 2.54 bits per heavy atom. The van der Waals surface area contributed by atoms with E-state index < -0.39 is 0 Å². The average Bonchev–Trinajstić information content (AvgIpc) is 3.31. The Morgan fingerprint density at radius 2 is 1.88 bits per heavy atom. The maximum absolute atomic E-state index is 13.2. The molecule has 3 aliphatic carbocycles. The topological polar surface area (TPSA) is 41.6 Å². The first-order chi connectivity index (χ1) is 11.6. The molecule has 24 heavy (non-hydrogen) atoms. The molecule has 4 heteroatoms. The number of rotatable bonds is 4. The lowest BCUT2D eigenvalue weighted by molar-refractivity contribution is -0.186. The van der Waals surface area contributed by atoms with Gasteiger partial charge in [-0.15, -0.1) is 0 Å². The molecule has 1 heterocycles. The minimum atomic E-state index is 0.259. The monoisotopic (exact) mass is 334 g/mol. The second-order valence-corrected chi connectivity index (χ2v) is 8.81. The highest BCUT2D eigenvalue weighted by Gasteiger charge is 2.62. The molecule has 2 spiro atoms. The number of amides is 1. The second-order valence-electron chi connectivity index (χ2n) is 8.81. The molecule has 3 unspecified atom stereocenters. The zero-order chi connectivity index (χ0) is 16.8. The van der Waals surface area contributed by atoms with Crippen molar-refractivity contribution in [1.29, 1.82) is 0 Å². The summed E-state index contributed by atoms with van der Waals surface area (Å²) in [6.07, 6.45) is 11.4. The Kier molecular flexibility index (Phi) is 4.41. The first-order valence-corrected chi connectivity index (χ1v) is 10.2. The number of hydrogen-bond donors (Lipinski definition) is 1. The molecule has 1 amide bonds. The minimum Gasteiger partial charge on any atom is -0.378 e. The van der Waals surface area contributed by atoms with Crippen molar-refractivity contribution in [3.63, 3.8) is 0 Å². The second kappa shape index (κ2) is 6.28. The Balaban J connectivity index is 1.44. The van der Waals surface area contributed by atoms with Gasteiger partial charge < -0.3 is 15.0 Å². The third-order valence-electron chi connectivity index (χ3n) is 7.80. The summed E-state index contributed by atoms with van der Waals surface area (Å²) in [5, 5.41) is 3.44. The average molecular weight is 335 g/mol. The van der Waals surface area contributed by atoms with E-state index in [0.29, 0.717) is 29.4 Å². The van der Waals surface area contributed by atoms with E-state index in [9.17, 15) is 4.79 Å². The Hall–Kier alpha value is -0.610. The number of carbonyl (C=O) groups is 1. The fraction of sp³-hybridized carbons (Fsp3) is 0.950. The van der Waals surface area contributed by atoms with Gasteiger partial charge in [0.2, 0.25) is 5.91 Å². The third-order valence-corrected chi connectivity index (χ3v) is 7.80. The number of hydrogen-bond acceptors (Lipinski definition) is 3. The lowest BCUT2D eigenvalue weighted by Crippen LogP contribution is -2.65. The van der Waals surface area contributed by atoms with Crippen LogP contribution in [0.1, 0.15) is 64.7 Å². The smallest absolute Gasteiger partial charge is 0.226 e. The molecule has 4 aliphatic rings. The van der Waals surface area contributed by atoms with Crippen molar-refractivity contribution in [2.24, 2.45) is 16.7 Å². The van der Waals surface area contributed by atoms with Crippen LogP contribution in [0.25, 0.3) is 0 Å². The lowest BCUT2D eigenvalue weighted by atomic mass is 9.54. The fourth-order valence-corrected chi connectivity index (χ4v) is 6.14. The molecule has 136 valence electrons. The number of nitrogens with one attached hydrogen (secondary N) is 1. The SMILES string of the molecule is CCOC1CC(N(C)C(=O)C2CC23CCNCC3)C12CCCCC2. The van der Waals surface area contributed by atoms with Crippen molar-refractivity contribution >= 4 is 5.91 Å². The summed E-state index contributed by atoms with van der Waals surface area (Å²) < 4.78 is 6.07. The van der Waals surface area contributed by atoms with Crippen LogP contribution < -0.4 is 5.32 Å². The van der Waals surface area contributed by atoms with E-state index in [4.69, 9.17) is 4.74 Å². The van der Waals surface area contributed by atoms with Crippen molar-refractivity contribution in [2.75, 3.05) is 26.7 Å². The quantitative estimate of drug-likeness (QED) is 0.859. The van der Waals surface area contributed by atoms with Gasteiger partial charge in [0, 0.05) is 31.0 Å². The number of carbonyl (C=O) groups excluding carboxylic acids is 1. The van der Waals surface area contributed by atoms with Crippen LogP contribution in [0.3, 0.4) is 0 Å². The highest BCUT2D eigenvalue weighted by Crippen LogP contribution is 2.61. The molecule has 4 nitrogen and oxygen atoms in total. The van der Waals surface area contributed by atoms with Crippen molar-refractivity contribution < 1.29 is 9.53 Å². The normalized spacial score (nSPS) is 36.3. The van der Waals surface area contributed by atoms with Gasteiger partial charge >= 0.3 is 0 Å². The van der Waals surface area contributed by atoms with E-state index in [2.05, 4.69) is 24.2 Å². The van der Waals surface area contributed by atoms with Crippen LogP contribution in [0.15, 0.2) is 0 Å². The maximum atomic E-state index is 13.2. The summed E-state index contributed by atoms with van der Waals surface area (Å²) in [4.78, 5) is 15.3. The van der Waals surface area contributed by atoms with Gasteiger partial charge in [0.05, 0.1) is 6.10 Å². The van der Waals surface area contributed by atoms with Crippen LogP contribution in [-0.4, -0.2) is 49.7 Å². The molecule has 0 aromatic carbocycles. The summed E-state index contributed by atoms with van der Waals surface area (Å²) >= 11 is 0. The molecule has 1 N–H and O–H groups in total. The molecule has 0 aromatic heterocycles. The van der Waals surface area contributed by atoms with Crippen LogP contribution in [-0.2, 0) is 9.53 Å². The van der Waals surface area contributed by atoms with Gasteiger partial charge in [0.25, 0.3) is 0 Å². The van der Waals surface area contributed by atoms with Crippen LogP contribution in [0.2, 0.25) is 0 Å². The first-order valence-electron chi connectivity index (χ1n) is 10.2. The van der Waals surface area contributed by atoms with Gasteiger partial charge in [-0.2, -0.15) is 0 Å². The Bertz CT molecular complexity index is 480. The molecule has 4 rings (SSSR count). The highest BCUT2D eigenvalue weighted by molar-refractivity contribution is 5.83. The molecule has 1 aliphatic heterocycles. The first kappa shape index (κ1) is 16.8. The van der Waals surface area contributed by atoms with Gasteiger partial charge in [-0.25, -0.2) is 0 Å². The molecule has 0 radical (unpaired) electrons. The summed E-state index contributed by atoms with van der Waals surface area (Å²) in [6.45, 7) is 5.08.